The molecule has 0 aliphatic carbocycles. The average Bonchev–Trinajstić information content (AvgIpc) is 2.74. The van der Waals surface area contributed by atoms with Gasteiger partial charge in [-0.3, -0.25) is 14.8 Å². The Morgan fingerprint density at radius 3 is 2.46 bits per heavy atom. The van der Waals surface area contributed by atoms with Gasteiger partial charge in [0, 0.05) is 24.9 Å². The second kappa shape index (κ2) is 9.08. The van der Waals surface area contributed by atoms with Crippen molar-refractivity contribution in [2.75, 3.05) is 6.54 Å². The van der Waals surface area contributed by atoms with Crippen LogP contribution in [0.5, 0.6) is 0 Å². The summed E-state index contributed by atoms with van der Waals surface area (Å²) in [5.74, 6) is -0.666. The van der Waals surface area contributed by atoms with E-state index in [1.54, 1.807) is 37.5 Å². The Morgan fingerprint density at radius 1 is 1.04 bits per heavy atom. The Labute approximate surface area is 164 Å². The maximum atomic E-state index is 12.4. The summed E-state index contributed by atoms with van der Waals surface area (Å²) in [5, 5.41) is 2.88. The molecule has 0 saturated heterocycles. The molecule has 0 unspecified atom stereocenters. The second-order valence-corrected chi connectivity index (χ2v) is 6.57. The maximum absolute atomic E-state index is 12.4. The van der Waals surface area contributed by atoms with E-state index >= 15 is 0 Å². The molecule has 2 atom stereocenters. The quantitative estimate of drug-likeness (QED) is 0.638. The van der Waals surface area contributed by atoms with Crippen LogP contribution in [-0.2, 0) is 9.53 Å². The van der Waals surface area contributed by atoms with E-state index in [4.69, 9.17) is 4.74 Å². The predicted octanol–water partition coefficient (Wildman–Crippen LogP) is 3.49. The molecule has 1 aromatic heterocycles. The molecule has 1 N–H and O–H groups in total. The minimum atomic E-state index is -0.890. The normalized spacial score (nSPS) is 12.9. The Balaban J connectivity index is 1.57. The number of aromatic nitrogens is 2. The number of benzene rings is 2. The first kappa shape index (κ1) is 19.5. The molecule has 3 aromatic rings. The molecule has 6 nitrogen and oxygen atoms in total. The summed E-state index contributed by atoms with van der Waals surface area (Å²) >= 11 is 0. The molecule has 2 aromatic carbocycles. The molecular weight excluding hydrogens is 354 g/mol. The SMILES string of the molecule is CC[C@@H](CNC(=O)[C@@H](C)OC(=O)c1ccc2nccnc2c1)c1ccccc1. The van der Waals surface area contributed by atoms with Crippen molar-refractivity contribution in [3.63, 3.8) is 0 Å². The molecule has 0 aliphatic heterocycles. The molecule has 3 rings (SSSR count). The number of nitrogens with one attached hydrogen (secondary N) is 1. The zero-order valence-corrected chi connectivity index (χ0v) is 16.0. The lowest BCUT2D eigenvalue weighted by molar-refractivity contribution is -0.129. The van der Waals surface area contributed by atoms with Crippen LogP contribution in [0, 0.1) is 0 Å². The van der Waals surface area contributed by atoms with Gasteiger partial charge in [-0.2, -0.15) is 0 Å². The molecule has 28 heavy (non-hydrogen) atoms. The van der Waals surface area contributed by atoms with E-state index in [1.807, 2.05) is 30.3 Å². The molecule has 0 fully saturated rings. The van der Waals surface area contributed by atoms with E-state index in [2.05, 4.69) is 22.2 Å². The number of hydrogen-bond acceptors (Lipinski definition) is 5. The van der Waals surface area contributed by atoms with E-state index in [0.29, 0.717) is 23.1 Å². The summed E-state index contributed by atoms with van der Waals surface area (Å²) in [4.78, 5) is 33.1. The zero-order valence-electron chi connectivity index (χ0n) is 16.0. The first-order valence-electron chi connectivity index (χ1n) is 9.33. The molecule has 144 valence electrons. The highest BCUT2D eigenvalue weighted by molar-refractivity contribution is 5.95. The van der Waals surface area contributed by atoms with Gasteiger partial charge in [-0.15, -0.1) is 0 Å². The first-order chi connectivity index (χ1) is 13.6. The van der Waals surface area contributed by atoms with Crippen LogP contribution in [0.2, 0.25) is 0 Å². The Bertz CT molecular complexity index is 959. The maximum Gasteiger partial charge on any atom is 0.338 e. The van der Waals surface area contributed by atoms with Gasteiger partial charge in [-0.1, -0.05) is 37.3 Å². The molecular formula is C22H23N3O3. The number of hydrogen-bond donors (Lipinski definition) is 1. The number of rotatable bonds is 7. The number of esters is 1. The second-order valence-electron chi connectivity index (χ2n) is 6.57. The van der Waals surface area contributed by atoms with Crippen molar-refractivity contribution in [2.24, 2.45) is 0 Å². The Morgan fingerprint density at radius 2 is 1.75 bits per heavy atom. The first-order valence-corrected chi connectivity index (χ1v) is 9.33. The van der Waals surface area contributed by atoms with Crippen LogP contribution in [0.3, 0.4) is 0 Å². The van der Waals surface area contributed by atoms with E-state index in [-0.39, 0.29) is 11.8 Å². The highest BCUT2D eigenvalue weighted by atomic mass is 16.5. The fraction of sp³-hybridized carbons (Fsp3) is 0.273. The molecule has 1 heterocycles. The van der Waals surface area contributed by atoms with E-state index in [1.165, 1.54) is 5.56 Å². The van der Waals surface area contributed by atoms with Gasteiger partial charge in [0.1, 0.15) is 0 Å². The monoisotopic (exact) mass is 377 g/mol. The molecule has 0 spiro atoms. The third-order valence-electron chi connectivity index (χ3n) is 4.64. The van der Waals surface area contributed by atoms with Crippen LogP contribution in [0.15, 0.2) is 60.9 Å². The minimum Gasteiger partial charge on any atom is -0.449 e. The number of carbonyl (C=O) groups is 2. The number of carbonyl (C=O) groups excluding carboxylic acids is 2. The standard InChI is InChI=1S/C22H23N3O3/c1-3-16(17-7-5-4-6-8-17)14-25-21(26)15(2)28-22(27)18-9-10-19-20(13-18)24-12-11-23-19/h4-13,15-16H,3,14H2,1-2H3,(H,25,26)/t15-,16+/m1/s1. The van der Waals surface area contributed by atoms with E-state index < -0.39 is 12.1 Å². The summed E-state index contributed by atoms with van der Waals surface area (Å²) in [6.07, 6.45) is 3.16. The molecule has 6 heteroatoms. The van der Waals surface area contributed by atoms with Gasteiger partial charge in [0.15, 0.2) is 6.10 Å². The fourth-order valence-electron chi connectivity index (χ4n) is 2.96. The van der Waals surface area contributed by atoms with Gasteiger partial charge in [-0.05, 0) is 37.1 Å². The smallest absolute Gasteiger partial charge is 0.338 e. The number of fused-ring (bicyclic) bond motifs is 1. The third-order valence-corrected chi connectivity index (χ3v) is 4.64. The van der Waals surface area contributed by atoms with E-state index in [0.717, 1.165) is 6.42 Å². The Hall–Kier alpha value is -3.28. The summed E-state index contributed by atoms with van der Waals surface area (Å²) in [7, 11) is 0. The number of nitrogens with zero attached hydrogens (tertiary/aromatic N) is 2. The molecule has 0 radical (unpaired) electrons. The lowest BCUT2D eigenvalue weighted by atomic mass is 9.96. The molecule has 0 bridgehead atoms. The zero-order chi connectivity index (χ0) is 19.9. The summed E-state index contributed by atoms with van der Waals surface area (Å²) in [5.41, 5.74) is 2.80. The van der Waals surface area contributed by atoms with Crippen molar-refractivity contribution < 1.29 is 14.3 Å². The van der Waals surface area contributed by atoms with Crippen molar-refractivity contribution in [1.29, 1.82) is 0 Å². The van der Waals surface area contributed by atoms with Crippen LogP contribution >= 0.6 is 0 Å². The summed E-state index contributed by atoms with van der Waals surface area (Å²) in [6, 6.07) is 15.0. The van der Waals surface area contributed by atoms with Gasteiger partial charge >= 0.3 is 5.97 Å². The molecule has 0 saturated carbocycles. The molecule has 1 amide bonds. The van der Waals surface area contributed by atoms with Gasteiger partial charge in [0.25, 0.3) is 5.91 Å². The lowest BCUT2D eigenvalue weighted by Crippen LogP contribution is -2.38. The highest BCUT2D eigenvalue weighted by Crippen LogP contribution is 2.18. The van der Waals surface area contributed by atoms with Crippen LogP contribution in [0.4, 0.5) is 0 Å². The predicted molar refractivity (Wildman–Crippen MR) is 107 cm³/mol. The average molecular weight is 377 g/mol. The van der Waals surface area contributed by atoms with Crippen molar-refractivity contribution in [2.45, 2.75) is 32.3 Å². The lowest BCUT2D eigenvalue weighted by Gasteiger charge is -2.18. The van der Waals surface area contributed by atoms with Crippen LogP contribution in [0.1, 0.15) is 42.1 Å². The largest absolute Gasteiger partial charge is 0.449 e. The summed E-state index contributed by atoms with van der Waals surface area (Å²) < 4.78 is 5.32. The van der Waals surface area contributed by atoms with Crippen LogP contribution < -0.4 is 5.32 Å². The number of ether oxygens (including phenoxy) is 1. The van der Waals surface area contributed by atoms with Gasteiger partial charge < -0.3 is 10.1 Å². The fourth-order valence-corrected chi connectivity index (χ4v) is 2.96. The van der Waals surface area contributed by atoms with Crippen LogP contribution in [-0.4, -0.2) is 34.5 Å². The highest BCUT2D eigenvalue weighted by Gasteiger charge is 2.20. The van der Waals surface area contributed by atoms with Crippen molar-refractivity contribution in [1.82, 2.24) is 15.3 Å². The topological polar surface area (TPSA) is 81.2 Å². The number of amides is 1. The van der Waals surface area contributed by atoms with Gasteiger partial charge in [-0.25, -0.2) is 4.79 Å². The van der Waals surface area contributed by atoms with Crippen molar-refractivity contribution in [3.05, 3.63) is 72.1 Å². The minimum absolute atomic E-state index is 0.215. The van der Waals surface area contributed by atoms with E-state index in [9.17, 15) is 9.59 Å². The van der Waals surface area contributed by atoms with Crippen LogP contribution in [0.25, 0.3) is 11.0 Å². The van der Waals surface area contributed by atoms with Crippen molar-refractivity contribution in [3.8, 4) is 0 Å². The molecule has 0 aliphatic rings. The Kier molecular flexibility index (Phi) is 6.32. The summed E-state index contributed by atoms with van der Waals surface area (Å²) in [6.45, 7) is 4.14. The van der Waals surface area contributed by atoms with Crippen molar-refractivity contribution >= 4 is 22.9 Å². The third kappa shape index (κ3) is 4.71. The van der Waals surface area contributed by atoms with Gasteiger partial charge in [0.05, 0.1) is 16.6 Å². The van der Waals surface area contributed by atoms with Gasteiger partial charge in [0.2, 0.25) is 0 Å².